The molecule has 0 spiro atoms. The van der Waals surface area contributed by atoms with Crippen molar-refractivity contribution in [3.05, 3.63) is 60.3 Å². The summed E-state index contributed by atoms with van der Waals surface area (Å²) in [5.41, 5.74) is 1.54. The van der Waals surface area contributed by atoms with Gasteiger partial charge < -0.3 is 19.3 Å². The van der Waals surface area contributed by atoms with E-state index in [1.807, 2.05) is 42.5 Å². The van der Waals surface area contributed by atoms with Crippen molar-refractivity contribution >= 4 is 44.4 Å². The van der Waals surface area contributed by atoms with Gasteiger partial charge in [-0.3, -0.25) is 28.9 Å². The molecule has 1 N–H and O–H groups in total. The van der Waals surface area contributed by atoms with Crippen molar-refractivity contribution in [1.82, 2.24) is 24.5 Å². The van der Waals surface area contributed by atoms with Crippen molar-refractivity contribution in [1.29, 1.82) is 0 Å². The third kappa shape index (κ3) is 8.61. The van der Waals surface area contributed by atoms with Gasteiger partial charge in [0.15, 0.2) is 5.78 Å². The predicted octanol–water partition coefficient (Wildman–Crippen LogP) is 5.94. The Morgan fingerprint density at radius 2 is 1.84 bits per heavy atom. The highest BCUT2D eigenvalue weighted by atomic mass is 32.2. The highest BCUT2D eigenvalue weighted by molar-refractivity contribution is 7.90. The molecule has 5 atom stereocenters. The Morgan fingerprint density at radius 1 is 1.02 bits per heavy atom. The molecule has 1 aromatic carbocycles. The van der Waals surface area contributed by atoms with Gasteiger partial charge in [-0.2, -0.15) is 0 Å². The average molecular weight is 860 g/mol. The van der Waals surface area contributed by atoms with Crippen LogP contribution < -0.4 is 14.2 Å². The first-order chi connectivity index (χ1) is 29.3. The molecule has 0 bridgehead atoms. The van der Waals surface area contributed by atoms with E-state index in [0.29, 0.717) is 74.2 Å². The van der Waals surface area contributed by atoms with Crippen LogP contribution in [0.4, 0.5) is 8.78 Å². The van der Waals surface area contributed by atoms with Gasteiger partial charge in [-0.25, -0.2) is 22.2 Å². The molecule has 4 fully saturated rings. The van der Waals surface area contributed by atoms with E-state index in [1.54, 1.807) is 12.3 Å². The SMILES string of the molecule is O=C1C[C@]2(C(=O)NS(=O)(=O)C3CC3)C[C@H]2/C=C\CCCCC[C@H](CC(=O)N2CCC(F)(F)CC2)C(=O)N2C[C@H](Oc3cc(-c4ccccn4)nc4c5c(ccc34)OCC5)C[C@@H]12. The van der Waals surface area contributed by atoms with Crippen LogP contribution in [0.3, 0.4) is 0 Å². The third-order valence-corrected chi connectivity index (χ3v) is 15.3. The number of halogens is 2. The Bertz CT molecular complexity index is 2370. The number of hydrogen-bond acceptors (Lipinski definition) is 10. The minimum absolute atomic E-state index is 0.00520. The van der Waals surface area contributed by atoms with Crippen LogP contribution >= 0.6 is 0 Å². The van der Waals surface area contributed by atoms with Crippen molar-refractivity contribution in [2.75, 3.05) is 26.2 Å². The van der Waals surface area contributed by atoms with E-state index in [0.717, 1.165) is 29.5 Å². The number of likely N-dealkylation sites (tertiary alicyclic amines) is 1. The number of hydrogen-bond donors (Lipinski definition) is 1. The number of sulfonamides is 1. The number of piperidine rings is 1. The van der Waals surface area contributed by atoms with Gasteiger partial charge in [0.1, 0.15) is 17.6 Å². The summed E-state index contributed by atoms with van der Waals surface area (Å²) in [5.74, 6) is -4.67. The zero-order valence-corrected chi connectivity index (χ0v) is 34.8. The lowest BCUT2D eigenvalue weighted by atomic mass is 9.90. The minimum Gasteiger partial charge on any atom is -0.493 e. The highest BCUT2D eigenvalue weighted by Gasteiger charge is 2.61. The predicted molar refractivity (Wildman–Crippen MR) is 220 cm³/mol. The Morgan fingerprint density at radius 3 is 2.61 bits per heavy atom. The number of Topliss-reactive ketones (excluding diaryl/α,β-unsaturated/α-hetero) is 1. The average Bonchev–Trinajstić information content (AvgIpc) is 4.12. The number of amides is 3. The zero-order valence-electron chi connectivity index (χ0n) is 34.0. The highest BCUT2D eigenvalue weighted by Crippen LogP contribution is 2.57. The van der Waals surface area contributed by atoms with Gasteiger partial charge in [0.2, 0.25) is 27.7 Å². The normalized spacial score (nSPS) is 28.4. The van der Waals surface area contributed by atoms with Gasteiger partial charge in [-0.15, -0.1) is 0 Å². The first kappa shape index (κ1) is 41.4. The van der Waals surface area contributed by atoms with Crippen LogP contribution in [-0.4, -0.2) is 101 Å². The number of alkyl halides is 2. The van der Waals surface area contributed by atoms with Gasteiger partial charge in [-0.05, 0) is 68.7 Å². The lowest BCUT2D eigenvalue weighted by Gasteiger charge is -2.33. The summed E-state index contributed by atoms with van der Waals surface area (Å²) < 4.78 is 69.0. The summed E-state index contributed by atoms with van der Waals surface area (Å²) in [6, 6.07) is 10.0. The summed E-state index contributed by atoms with van der Waals surface area (Å²) in [6.45, 7) is 0.320. The number of nitrogens with one attached hydrogen (secondary N) is 1. The Balaban J connectivity index is 1.04. The van der Waals surface area contributed by atoms with Gasteiger partial charge in [-0.1, -0.05) is 31.1 Å². The molecule has 61 heavy (non-hydrogen) atoms. The lowest BCUT2D eigenvalue weighted by molar-refractivity contribution is -0.147. The van der Waals surface area contributed by atoms with E-state index in [4.69, 9.17) is 14.5 Å². The van der Waals surface area contributed by atoms with Crippen LogP contribution in [0, 0.1) is 17.3 Å². The molecule has 6 aliphatic rings. The van der Waals surface area contributed by atoms with Crippen LogP contribution in [-0.2, 0) is 35.6 Å². The number of fused-ring (bicyclic) bond motifs is 5. The molecule has 2 saturated heterocycles. The van der Waals surface area contributed by atoms with Crippen molar-refractivity contribution in [3.8, 4) is 22.9 Å². The zero-order chi connectivity index (χ0) is 42.5. The number of nitrogens with zero attached hydrogens (tertiary/aromatic N) is 4. The van der Waals surface area contributed by atoms with Crippen LogP contribution in [0.2, 0.25) is 0 Å². The number of ether oxygens (including phenoxy) is 2. The van der Waals surface area contributed by atoms with Crippen molar-refractivity contribution in [2.45, 2.75) is 113 Å². The first-order valence-corrected chi connectivity index (χ1v) is 23.2. The Kier molecular flexibility index (Phi) is 11.1. The number of ketones is 1. The van der Waals surface area contributed by atoms with Crippen LogP contribution in [0.5, 0.6) is 11.5 Å². The van der Waals surface area contributed by atoms with Crippen molar-refractivity contribution < 1.29 is 45.9 Å². The third-order valence-electron chi connectivity index (χ3n) is 13.4. The fraction of sp³-hybridized carbons (Fsp3) is 0.556. The van der Waals surface area contributed by atoms with E-state index in [9.17, 15) is 36.4 Å². The molecule has 3 aromatic rings. The maximum atomic E-state index is 14.9. The molecule has 6 heterocycles. The first-order valence-electron chi connectivity index (χ1n) is 21.7. The second kappa shape index (κ2) is 16.4. The molecule has 0 unspecified atom stereocenters. The number of carbonyl (C=O) groups is 4. The summed E-state index contributed by atoms with van der Waals surface area (Å²) >= 11 is 0. The van der Waals surface area contributed by atoms with Crippen LogP contribution in [0.15, 0.2) is 54.7 Å². The molecule has 2 aliphatic carbocycles. The summed E-state index contributed by atoms with van der Waals surface area (Å²) in [5, 5.41) is 0.0956. The molecule has 0 radical (unpaired) electrons. The number of pyridine rings is 2. The Labute approximate surface area is 353 Å². The molecular weight excluding hydrogens is 809 g/mol. The summed E-state index contributed by atoms with van der Waals surface area (Å²) in [4.78, 5) is 69.7. The quantitative estimate of drug-likeness (QED) is 0.268. The smallest absolute Gasteiger partial charge is 0.251 e. The minimum atomic E-state index is -3.89. The van der Waals surface area contributed by atoms with Gasteiger partial charge in [0, 0.05) is 80.7 Å². The van der Waals surface area contributed by atoms with Crippen LogP contribution in [0.1, 0.15) is 89.0 Å². The standard InChI is InChI=1S/C45H51F2N5O8S/c46-45(47)16-19-51(20-17-45)40(54)22-28-8-4-2-1-3-5-9-29-25-44(29,43(56)50-61(57,58)31-11-12-31)26-37(53)36-23-30(27-52(36)42(28)55)60-39-24-35(34-10-6-7-18-48-34)49-41-32(39)13-14-38-33(41)15-21-59-38/h5-7,9-10,13-14,18,24,28-31,36H,1-4,8,11-12,15-17,19-23,25-27H2,(H,50,56)/b9-5-/t28-,29-,30-,36+,44-/m1/s1. The Hall–Kier alpha value is -4.99. The molecule has 9 rings (SSSR count). The number of carbonyl (C=O) groups excluding carboxylic acids is 4. The molecule has 2 saturated carbocycles. The summed E-state index contributed by atoms with van der Waals surface area (Å²) in [6.07, 6.45) is 8.73. The second-order valence-electron chi connectivity index (χ2n) is 17.7. The number of rotatable bonds is 8. The number of allylic oxidation sites excluding steroid dienone is 2. The molecular formula is C45H51F2N5O8S. The number of benzene rings is 1. The van der Waals surface area contributed by atoms with Gasteiger partial charge >= 0.3 is 0 Å². The lowest BCUT2D eigenvalue weighted by Crippen LogP contribution is -2.48. The molecule has 2 aromatic heterocycles. The number of aromatic nitrogens is 2. The van der Waals surface area contributed by atoms with E-state index >= 15 is 0 Å². The molecule has 3 amide bonds. The molecule has 324 valence electrons. The molecule has 4 aliphatic heterocycles. The van der Waals surface area contributed by atoms with E-state index in [2.05, 4.69) is 9.71 Å². The van der Waals surface area contributed by atoms with Crippen LogP contribution in [0.25, 0.3) is 22.3 Å². The monoisotopic (exact) mass is 859 g/mol. The molecule has 16 heteroatoms. The maximum absolute atomic E-state index is 14.9. The van der Waals surface area contributed by atoms with E-state index in [-0.39, 0.29) is 50.7 Å². The fourth-order valence-corrected chi connectivity index (χ4v) is 11.0. The van der Waals surface area contributed by atoms with Gasteiger partial charge in [0.05, 0.1) is 46.8 Å². The van der Waals surface area contributed by atoms with Crippen molar-refractivity contribution in [3.63, 3.8) is 0 Å². The fourth-order valence-electron chi connectivity index (χ4n) is 9.61. The topological polar surface area (TPSA) is 165 Å². The van der Waals surface area contributed by atoms with E-state index in [1.165, 1.54) is 9.80 Å². The van der Waals surface area contributed by atoms with Crippen molar-refractivity contribution in [2.24, 2.45) is 17.3 Å². The largest absolute Gasteiger partial charge is 0.493 e. The maximum Gasteiger partial charge on any atom is 0.251 e. The second-order valence-corrected chi connectivity index (χ2v) is 19.7. The van der Waals surface area contributed by atoms with E-state index < -0.39 is 75.1 Å². The summed E-state index contributed by atoms with van der Waals surface area (Å²) in [7, 11) is -3.89. The van der Waals surface area contributed by atoms with Gasteiger partial charge in [0.25, 0.3) is 5.92 Å². The molecule has 13 nitrogen and oxygen atoms in total.